The van der Waals surface area contributed by atoms with Gasteiger partial charge in [-0.3, -0.25) is 9.63 Å². The number of anilines is 5. The Bertz CT molecular complexity index is 1620. The highest BCUT2D eigenvalue weighted by Gasteiger charge is 2.29. The number of rotatable bonds is 9. The lowest BCUT2D eigenvalue weighted by molar-refractivity contribution is -0.111. The Hall–Kier alpha value is -4.93. The summed E-state index contributed by atoms with van der Waals surface area (Å²) < 4.78 is 5.80. The van der Waals surface area contributed by atoms with Crippen LogP contribution in [0.2, 0.25) is 0 Å². The van der Waals surface area contributed by atoms with E-state index in [0.717, 1.165) is 49.4 Å². The van der Waals surface area contributed by atoms with E-state index < -0.39 is 0 Å². The highest BCUT2D eigenvalue weighted by molar-refractivity contribution is 6.02. The average Bonchev–Trinajstić information content (AvgIpc) is 3.56. The second-order valence-corrected chi connectivity index (χ2v) is 10.9. The standard InChI is InChI=1S/C34H37N7O3/c1-4-34(42)38-27-20-28(31(43-3)21-30(27)40-16-14-39(2)15-17-40)37-32-22-33(36-23-35-32)41-29(13-18-44-41)26-12-8-11-25(19-26)24-9-6-5-7-10-24/h4-12,19-23,29H,1,13-18H2,2-3H3,(H,38,42)(H,35,36,37). The number of piperazine rings is 1. The minimum atomic E-state index is -0.283. The minimum absolute atomic E-state index is 0.000428. The molecule has 1 atom stereocenters. The summed E-state index contributed by atoms with van der Waals surface area (Å²) in [4.78, 5) is 32.1. The van der Waals surface area contributed by atoms with Crippen molar-refractivity contribution in [3.63, 3.8) is 0 Å². The summed E-state index contributed by atoms with van der Waals surface area (Å²) in [6.07, 6.45) is 3.62. The fraction of sp³-hybridized carbons (Fsp3) is 0.265. The molecule has 10 heteroatoms. The van der Waals surface area contributed by atoms with E-state index in [9.17, 15) is 4.79 Å². The van der Waals surface area contributed by atoms with E-state index in [1.54, 1.807) is 7.11 Å². The maximum Gasteiger partial charge on any atom is 0.247 e. The molecule has 3 heterocycles. The molecule has 2 fully saturated rings. The third-order valence-corrected chi connectivity index (χ3v) is 8.03. The Balaban J connectivity index is 1.27. The zero-order valence-corrected chi connectivity index (χ0v) is 25.1. The Labute approximate surface area is 257 Å². The number of hydroxylamine groups is 1. The molecule has 2 aliphatic heterocycles. The van der Waals surface area contributed by atoms with Gasteiger partial charge in [0, 0.05) is 44.7 Å². The molecule has 3 aromatic carbocycles. The minimum Gasteiger partial charge on any atom is -0.494 e. The van der Waals surface area contributed by atoms with Crippen LogP contribution in [0.3, 0.4) is 0 Å². The molecule has 0 spiro atoms. The van der Waals surface area contributed by atoms with Crippen molar-refractivity contribution in [3.05, 3.63) is 97.3 Å². The van der Waals surface area contributed by atoms with Gasteiger partial charge in [-0.1, -0.05) is 55.1 Å². The second-order valence-electron chi connectivity index (χ2n) is 10.9. The number of nitrogens with one attached hydrogen (secondary N) is 2. The molecule has 0 aliphatic carbocycles. The smallest absolute Gasteiger partial charge is 0.247 e. The van der Waals surface area contributed by atoms with E-state index in [1.165, 1.54) is 18.0 Å². The van der Waals surface area contributed by atoms with Gasteiger partial charge in [0.1, 0.15) is 17.9 Å². The lowest BCUT2D eigenvalue weighted by Gasteiger charge is -2.35. The Morgan fingerprint density at radius 1 is 0.977 bits per heavy atom. The number of carbonyl (C=O) groups excluding carboxylic acids is 1. The molecule has 1 aromatic heterocycles. The SMILES string of the molecule is C=CC(=O)Nc1cc(Nc2cc(N3OCCC3c3cccc(-c4ccccc4)c3)ncn2)c(OC)cc1N1CCN(C)CC1. The fourth-order valence-corrected chi connectivity index (χ4v) is 5.66. The zero-order valence-electron chi connectivity index (χ0n) is 25.1. The van der Waals surface area contributed by atoms with Crippen molar-refractivity contribution in [1.29, 1.82) is 0 Å². The number of amides is 1. The second kappa shape index (κ2) is 13.2. The number of ether oxygens (including phenoxy) is 1. The lowest BCUT2D eigenvalue weighted by atomic mass is 9.98. The third kappa shape index (κ3) is 6.36. The van der Waals surface area contributed by atoms with Crippen molar-refractivity contribution in [3.8, 4) is 16.9 Å². The van der Waals surface area contributed by atoms with Crippen molar-refractivity contribution in [2.24, 2.45) is 0 Å². The van der Waals surface area contributed by atoms with E-state index >= 15 is 0 Å². The van der Waals surface area contributed by atoms with Gasteiger partial charge in [-0.2, -0.15) is 0 Å². The van der Waals surface area contributed by atoms with E-state index in [-0.39, 0.29) is 11.9 Å². The molecule has 2 saturated heterocycles. The number of methoxy groups -OCH3 is 1. The maximum absolute atomic E-state index is 12.4. The number of hydrogen-bond acceptors (Lipinski definition) is 9. The molecule has 2 N–H and O–H groups in total. The van der Waals surface area contributed by atoms with Crippen molar-refractivity contribution in [2.45, 2.75) is 12.5 Å². The summed E-state index contributed by atoms with van der Waals surface area (Å²) in [7, 11) is 3.74. The summed E-state index contributed by atoms with van der Waals surface area (Å²) in [5.74, 6) is 1.55. The van der Waals surface area contributed by atoms with Crippen molar-refractivity contribution in [2.75, 3.05) is 67.5 Å². The van der Waals surface area contributed by atoms with Gasteiger partial charge >= 0.3 is 0 Å². The highest BCUT2D eigenvalue weighted by Crippen LogP contribution is 2.40. The van der Waals surface area contributed by atoms with Crippen LogP contribution < -0.4 is 25.3 Å². The first kappa shape index (κ1) is 29.2. The molecule has 1 amide bonds. The van der Waals surface area contributed by atoms with Gasteiger partial charge in [-0.05, 0) is 41.9 Å². The number of carbonyl (C=O) groups is 1. The quantitative estimate of drug-likeness (QED) is 0.239. The Morgan fingerprint density at radius 3 is 2.55 bits per heavy atom. The lowest BCUT2D eigenvalue weighted by Crippen LogP contribution is -2.44. The van der Waals surface area contributed by atoms with Gasteiger partial charge in [0.2, 0.25) is 5.91 Å². The molecule has 44 heavy (non-hydrogen) atoms. The molecule has 2 aliphatic rings. The fourth-order valence-electron chi connectivity index (χ4n) is 5.66. The summed E-state index contributed by atoms with van der Waals surface area (Å²) in [5, 5.41) is 8.21. The average molecular weight is 592 g/mol. The van der Waals surface area contributed by atoms with Crippen LogP contribution in [0.15, 0.2) is 91.8 Å². The van der Waals surface area contributed by atoms with E-state index in [0.29, 0.717) is 35.4 Å². The Morgan fingerprint density at radius 2 is 1.77 bits per heavy atom. The van der Waals surface area contributed by atoms with Gasteiger partial charge in [0.15, 0.2) is 5.82 Å². The largest absolute Gasteiger partial charge is 0.494 e. The predicted octanol–water partition coefficient (Wildman–Crippen LogP) is 5.66. The van der Waals surface area contributed by atoms with Crippen molar-refractivity contribution in [1.82, 2.24) is 14.9 Å². The molecule has 10 nitrogen and oxygen atoms in total. The monoisotopic (exact) mass is 591 g/mol. The molecular weight excluding hydrogens is 554 g/mol. The maximum atomic E-state index is 12.4. The molecule has 0 bridgehead atoms. The summed E-state index contributed by atoms with van der Waals surface area (Å²) >= 11 is 0. The number of nitrogens with zero attached hydrogens (tertiary/aromatic N) is 5. The number of benzene rings is 3. The van der Waals surface area contributed by atoms with Crippen LogP contribution in [0.1, 0.15) is 18.0 Å². The van der Waals surface area contributed by atoms with E-state index in [4.69, 9.17) is 9.57 Å². The first-order valence-electron chi connectivity index (χ1n) is 14.8. The van der Waals surface area contributed by atoms with Gasteiger partial charge in [-0.25, -0.2) is 15.0 Å². The van der Waals surface area contributed by atoms with Crippen LogP contribution in [-0.2, 0) is 9.63 Å². The van der Waals surface area contributed by atoms with E-state index in [1.807, 2.05) is 41.5 Å². The molecule has 0 radical (unpaired) electrons. The number of hydrogen-bond donors (Lipinski definition) is 2. The summed E-state index contributed by atoms with van der Waals surface area (Å²) in [5.41, 5.74) is 5.70. The molecule has 1 unspecified atom stereocenters. The van der Waals surface area contributed by atoms with Gasteiger partial charge in [-0.15, -0.1) is 0 Å². The van der Waals surface area contributed by atoms with Crippen LogP contribution in [0.4, 0.5) is 28.7 Å². The van der Waals surface area contributed by atoms with Crippen LogP contribution in [0.25, 0.3) is 11.1 Å². The molecule has 6 rings (SSSR count). The van der Waals surface area contributed by atoms with Crippen molar-refractivity contribution < 1.29 is 14.4 Å². The first-order chi connectivity index (χ1) is 21.5. The van der Waals surface area contributed by atoms with Crippen LogP contribution in [0, 0.1) is 0 Å². The molecule has 0 saturated carbocycles. The van der Waals surface area contributed by atoms with Crippen LogP contribution in [-0.4, -0.2) is 67.7 Å². The summed E-state index contributed by atoms with van der Waals surface area (Å²) in [6, 6.07) is 24.6. The predicted molar refractivity (Wildman–Crippen MR) is 175 cm³/mol. The van der Waals surface area contributed by atoms with Crippen LogP contribution >= 0.6 is 0 Å². The zero-order chi connectivity index (χ0) is 30.5. The molecular formula is C34H37N7O3. The van der Waals surface area contributed by atoms with Crippen molar-refractivity contribution >= 4 is 34.6 Å². The molecule has 226 valence electrons. The van der Waals surface area contributed by atoms with Gasteiger partial charge in [0.25, 0.3) is 0 Å². The third-order valence-electron chi connectivity index (χ3n) is 8.03. The van der Waals surface area contributed by atoms with Gasteiger partial charge in [0.05, 0.1) is 36.8 Å². The Kier molecular flexibility index (Phi) is 8.71. The van der Waals surface area contributed by atoms with Crippen LogP contribution in [0.5, 0.6) is 5.75 Å². The number of likely N-dealkylation sites (N-methyl/N-ethyl adjacent to an activating group) is 1. The normalized spacial score (nSPS) is 16.9. The topological polar surface area (TPSA) is 95.1 Å². The summed E-state index contributed by atoms with van der Waals surface area (Å²) in [6.45, 7) is 7.74. The molecule has 4 aromatic rings. The first-order valence-corrected chi connectivity index (χ1v) is 14.8. The van der Waals surface area contributed by atoms with Gasteiger partial charge < -0.3 is 25.2 Å². The van der Waals surface area contributed by atoms with E-state index in [2.05, 4.69) is 80.4 Å². The highest BCUT2D eigenvalue weighted by atomic mass is 16.7. The number of aromatic nitrogens is 2.